The fourth-order valence-electron chi connectivity index (χ4n) is 2.49. The van der Waals surface area contributed by atoms with Crippen LogP contribution >= 0.6 is 23.1 Å². The lowest BCUT2D eigenvalue weighted by Crippen LogP contribution is -2.52. The highest BCUT2D eigenvalue weighted by Gasteiger charge is 2.39. The summed E-state index contributed by atoms with van der Waals surface area (Å²) >= 11 is 2.26. The highest BCUT2D eigenvalue weighted by Crippen LogP contribution is 2.37. The summed E-state index contributed by atoms with van der Waals surface area (Å²) in [7, 11) is -5.01. The zero-order valence-corrected chi connectivity index (χ0v) is 19.5. The zero-order valence-electron chi connectivity index (χ0n) is 17.1. The van der Waals surface area contributed by atoms with Gasteiger partial charge in [0.05, 0.1) is 20.9 Å². The van der Waals surface area contributed by atoms with E-state index in [2.05, 4.69) is 5.43 Å². The summed E-state index contributed by atoms with van der Waals surface area (Å²) in [5, 5.41) is 1.59. The molecule has 1 atom stereocenters. The largest absolute Gasteiger partial charge is 0.416 e. The van der Waals surface area contributed by atoms with Gasteiger partial charge in [-0.3, -0.25) is 20.4 Å². The predicted octanol–water partition coefficient (Wildman–Crippen LogP) is 3.65. The summed E-state index contributed by atoms with van der Waals surface area (Å²) in [6.45, 7) is 0. The second-order valence-electron chi connectivity index (χ2n) is 6.62. The first-order valence-electron chi connectivity index (χ1n) is 9.09. The Hall–Kier alpha value is -2.30. The molecule has 0 unspecified atom stereocenters. The molecule has 188 valence electrons. The Morgan fingerprint density at radius 1 is 1.03 bits per heavy atom. The molecule has 0 aliphatic rings. The van der Waals surface area contributed by atoms with E-state index in [1.54, 1.807) is 17.7 Å². The molecule has 0 saturated carbocycles. The van der Waals surface area contributed by atoms with Crippen LogP contribution in [0.4, 0.5) is 26.3 Å². The quantitative estimate of drug-likeness (QED) is 0.345. The number of rotatable bonds is 8. The van der Waals surface area contributed by atoms with Crippen LogP contribution in [0.2, 0.25) is 0 Å². The molecule has 0 spiro atoms. The zero-order chi connectivity index (χ0) is 25.7. The first-order valence-corrected chi connectivity index (χ1v) is 12.9. The van der Waals surface area contributed by atoms with Crippen LogP contribution in [0.25, 0.3) is 0 Å². The highest BCUT2D eigenvalue weighted by atomic mass is 32.2. The van der Waals surface area contributed by atoms with Crippen LogP contribution in [0.3, 0.4) is 0 Å². The molecule has 0 saturated heterocycles. The third-order valence-corrected chi connectivity index (χ3v) is 7.10. The van der Waals surface area contributed by atoms with E-state index in [4.69, 9.17) is 0 Å². The molecule has 7 nitrogen and oxygen atoms in total. The van der Waals surface area contributed by atoms with Gasteiger partial charge in [0.1, 0.15) is 6.04 Å². The number of sulfonamides is 1. The minimum atomic E-state index is -5.26. The molecule has 1 aromatic carbocycles. The standard InChI is InChI=1S/C18H17F6N3O4S3/c1-32-6-4-13(15(28)25-26-16(29)14-3-2-5-33-14)27-34(30,31)12-8-10(17(19,20)21)7-11(9-12)18(22,23)24/h2-3,5,7-9,13,27H,4,6H2,1H3,(H,25,28)(H,26,29)/t13-/m1/s1. The van der Waals surface area contributed by atoms with Crippen molar-refractivity contribution in [1.29, 1.82) is 0 Å². The van der Waals surface area contributed by atoms with Gasteiger partial charge in [0.15, 0.2) is 0 Å². The van der Waals surface area contributed by atoms with Crippen molar-refractivity contribution in [3.8, 4) is 0 Å². The monoisotopic (exact) mass is 549 g/mol. The lowest BCUT2D eigenvalue weighted by molar-refractivity contribution is -0.143. The van der Waals surface area contributed by atoms with Crippen LogP contribution in [0.5, 0.6) is 0 Å². The van der Waals surface area contributed by atoms with Crippen molar-refractivity contribution in [3.05, 3.63) is 51.7 Å². The van der Waals surface area contributed by atoms with Crippen LogP contribution in [-0.4, -0.2) is 38.3 Å². The van der Waals surface area contributed by atoms with Crippen LogP contribution in [-0.2, 0) is 27.2 Å². The van der Waals surface area contributed by atoms with Crippen molar-refractivity contribution in [2.45, 2.75) is 29.7 Å². The first kappa shape index (κ1) is 27.9. The van der Waals surface area contributed by atoms with Gasteiger partial charge in [-0.25, -0.2) is 8.42 Å². The van der Waals surface area contributed by atoms with Gasteiger partial charge in [0.2, 0.25) is 10.0 Å². The molecule has 2 amide bonds. The third kappa shape index (κ3) is 7.61. The second kappa shape index (κ2) is 11.0. The molecule has 0 aliphatic heterocycles. The van der Waals surface area contributed by atoms with Crippen LogP contribution < -0.4 is 15.6 Å². The Kier molecular flexibility index (Phi) is 9.01. The van der Waals surface area contributed by atoms with Crippen molar-refractivity contribution in [2.24, 2.45) is 0 Å². The summed E-state index contributed by atoms with van der Waals surface area (Å²) in [5.41, 5.74) is 0.409. The number of hydrazine groups is 1. The van der Waals surface area contributed by atoms with E-state index in [0.29, 0.717) is 0 Å². The van der Waals surface area contributed by atoms with Gasteiger partial charge in [-0.15, -0.1) is 11.3 Å². The molecule has 1 aromatic heterocycles. The normalized spacial score (nSPS) is 13.4. The Labute approximate surface area is 198 Å². The maximum atomic E-state index is 13.1. The molecule has 2 rings (SSSR count). The van der Waals surface area contributed by atoms with Crippen LogP contribution in [0.15, 0.2) is 40.6 Å². The topological polar surface area (TPSA) is 104 Å². The molecular weight excluding hydrogens is 532 g/mol. The number of halogens is 6. The Morgan fingerprint density at radius 2 is 1.62 bits per heavy atom. The van der Waals surface area contributed by atoms with Crippen molar-refractivity contribution >= 4 is 44.9 Å². The van der Waals surface area contributed by atoms with E-state index in [1.165, 1.54) is 17.8 Å². The maximum absolute atomic E-state index is 13.1. The van der Waals surface area contributed by atoms with Crippen molar-refractivity contribution in [3.63, 3.8) is 0 Å². The van der Waals surface area contributed by atoms with E-state index < -0.39 is 56.3 Å². The third-order valence-electron chi connectivity index (χ3n) is 4.14. The van der Waals surface area contributed by atoms with Crippen molar-refractivity contribution in [2.75, 3.05) is 12.0 Å². The molecule has 16 heteroatoms. The molecule has 34 heavy (non-hydrogen) atoms. The van der Waals surface area contributed by atoms with Gasteiger partial charge in [-0.05, 0) is 48.1 Å². The van der Waals surface area contributed by atoms with Crippen molar-refractivity contribution in [1.82, 2.24) is 15.6 Å². The number of thioether (sulfide) groups is 1. The SMILES string of the molecule is CSCC[C@@H](NS(=O)(=O)c1cc(C(F)(F)F)cc(C(F)(F)F)c1)C(=O)NNC(=O)c1cccs1. The predicted molar refractivity (Wildman–Crippen MR) is 113 cm³/mol. The maximum Gasteiger partial charge on any atom is 0.416 e. The Bertz CT molecular complexity index is 1090. The van der Waals surface area contributed by atoms with E-state index in [1.807, 2.05) is 10.1 Å². The smallest absolute Gasteiger partial charge is 0.271 e. The number of nitrogens with one attached hydrogen (secondary N) is 3. The number of amides is 2. The molecule has 2 aromatic rings. The lowest BCUT2D eigenvalue weighted by Gasteiger charge is -2.20. The summed E-state index contributed by atoms with van der Waals surface area (Å²) in [6, 6.07) is 1.29. The molecule has 3 N–H and O–H groups in total. The number of benzene rings is 1. The molecule has 0 radical (unpaired) electrons. The number of carbonyl (C=O) groups excluding carboxylic acids is 2. The van der Waals surface area contributed by atoms with E-state index in [9.17, 15) is 44.3 Å². The Balaban J connectivity index is 2.31. The molecular formula is C18H17F6N3O4S3. The fourth-order valence-corrected chi connectivity index (χ4v) is 4.88. The number of hydrogen-bond acceptors (Lipinski definition) is 6. The van der Waals surface area contributed by atoms with Crippen LogP contribution in [0.1, 0.15) is 27.2 Å². The number of hydrogen-bond donors (Lipinski definition) is 3. The summed E-state index contributed by atoms with van der Waals surface area (Å²) in [4.78, 5) is 23.3. The molecule has 0 bridgehead atoms. The molecule has 0 aliphatic carbocycles. The number of carbonyl (C=O) groups is 2. The summed E-state index contributed by atoms with van der Waals surface area (Å²) in [6.07, 6.45) is -9.06. The van der Waals surface area contributed by atoms with Gasteiger partial charge in [-0.1, -0.05) is 6.07 Å². The Morgan fingerprint density at radius 3 is 2.09 bits per heavy atom. The second-order valence-corrected chi connectivity index (χ2v) is 10.3. The van der Waals surface area contributed by atoms with Gasteiger partial charge in [0, 0.05) is 0 Å². The minimum absolute atomic E-state index is 0.0413. The molecule has 1 heterocycles. The van der Waals surface area contributed by atoms with Gasteiger partial charge >= 0.3 is 12.4 Å². The minimum Gasteiger partial charge on any atom is -0.271 e. The summed E-state index contributed by atoms with van der Waals surface area (Å²) in [5.74, 6) is -1.57. The van der Waals surface area contributed by atoms with Crippen LogP contribution in [0, 0.1) is 0 Å². The van der Waals surface area contributed by atoms with E-state index in [-0.39, 0.29) is 35.2 Å². The van der Waals surface area contributed by atoms with E-state index in [0.717, 1.165) is 11.3 Å². The lowest BCUT2D eigenvalue weighted by atomic mass is 10.1. The average molecular weight is 550 g/mol. The number of thiophene rings is 1. The first-order chi connectivity index (χ1) is 15.6. The molecule has 0 fully saturated rings. The fraction of sp³-hybridized carbons (Fsp3) is 0.333. The highest BCUT2D eigenvalue weighted by molar-refractivity contribution is 7.98. The summed E-state index contributed by atoms with van der Waals surface area (Å²) < 4.78 is 106. The average Bonchev–Trinajstić information content (AvgIpc) is 3.28. The van der Waals surface area contributed by atoms with Gasteiger partial charge in [0.25, 0.3) is 11.8 Å². The van der Waals surface area contributed by atoms with Gasteiger partial charge in [-0.2, -0.15) is 42.8 Å². The number of alkyl halides is 6. The van der Waals surface area contributed by atoms with E-state index >= 15 is 0 Å². The van der Waals surface area contributed by atoms with Crippen molar-refractivity contribution < 1.29 is 44.3 Å². The van der Waals surface area contributed by atoms with Gasteiger partial charge < -0.3 is 0 Å².